The molecule has 0 spiro atoms. The zero-order valence-electron chi connectivity index (χ0n) is 16.1. The number of hydrogen-bond donors (Lipinski definition) is 2. The number of fused-ring (bicyclic) bond motifs is 1. The molecule has 1 aromatic heterocycles. The molecule has 0 aliphatic rings. The number of aryl methyl sites for hydroxylation is 1. The molecule has 2 amide bonds. The maximum Gasteiger partial charge on any atom is 0.267 e. The third kappa shape index (κ3) is 4.25. The standard InChI is InChI=1S/C21H23N3O4/c1-24-18-8-7-17(28-3)11-14(18)12-19(24)21(26)22-10-9-20(25)23-15-5-4-6-16(13-15)27-2/h4-8,11-13H,9-10H2,1-3H3,(H,22,26)(H,23,25). The van der Waals surface area contributed by atoms with Crippen LogP contribution in [-0.4, -0.2) is 37.1 Å². The molecule has 0 bridgehead atoms. The number of methoxy groups -OCH3 is 2. The Bertz CT molecular complexity index is 1010. The molecule has 3 aromatic rings. The number of anilines is 1. The van der Waals surface area contributed by atoms with Crippen LogP contribution in [0.15, 0.2) is 48.5 Å². The summed E-state index contributed by atoms with van der Waals surface area (Å²) < 4.78 is 12.2. The van der Waals surface area contributed by atoms with Gasteiger partial charge in [-0.25, -0.2) is 0 Å². The van der Waals surface area contributed by atoms with Crippen LogP contribution in [-0.2, 0) is 11.8 Å². The number of aromatic nitrogens is 1. The molecule has 2 aromatic carbocycles. The predicted octanol–water partition coefficient (Wildman–Crippen LogP) is 2.95. The molecule has 0 aliphatic heterocycles. The van der Waals surface area contributed by atoms with Gasteiger partial charge in [0.25, 0.3) is 5.91 Å². The zero-order chi connectivity index (χ0) is 20.1. The molecule has 28 heavy (non-hydrogen) atoms. The zero-order valence-corrected chi connectivity index (χ0v) is 16.1. The lowest BCUT2D eigenvalue weighted by Gasteiger charge is -2.08. The first kappa shape index (κ1) is 19.3. The average molecular weight is 381 g/mol. The van der Waals surface area contributed by atoms with Crippen LogP contribution < -0.4 is 20.1 Å². The van der Waals surface area contributed by atoms with Gasteiger partial charge in [-0.15, -0.1) is 0 Å². The summed E-state index contributed by atoms with van der Waals surface area (Å²) in [6.45, 7) is 0.236. The van der Waals surface area contributed by atoms with E-state index < -0.39 is 0 Å². The average Bonchev–Trinajstić information content (AvgIpc) is 3.04. The molecule has 2 N–H and O–H groups in total. The van der Waals surface area contributed by atoms with E-state index in [1.54, 1.807) is 38.5 Å². The first-order chi connectivity index (χ1) is 13.5. The van der Waals surface area contributed by atoms with Gasteiger partial charge in [-0.1, -0.05) is 6.07 Å². The summed E-state index contributed by atoms with van der Waals surface area (Å²) in [4.78, 5) is 24.6. The Balaban J connectivity index is 1.57. The minimum atomic E-state index is -0.230. The fourth-order valence-electron chi connectivity index (χ4n) is 2.98. The summed E-state index contributed by atoms with van der Waals surface area (Å²) in [7, 11) is 5.01. The van der Waals surface area contributed by atoms with E-state index in [1.165, 1.54) is 0 Å². The Morgan fingerprint density at radius 3 is 2.50 bits per heavy atom. The van der Waals surface area contributed by atoms with Crippen LogP contribution in [0.3, 0.4) is 0 Å². The third-order valence-electron chi connectivity index (χ3n) is 4.47. The van der Waals surface area contributed by atoms with E-state index >= 15 is 0 Å². The lowest BCUT2D eigenvalue weighted by molar-refractivity contribution is -0.116. The lowest BCUT2D eigenvalue weighted by Crippen LogP contribution is -2.29. The molecular formula is C21H23N3O4. The highest BCUT2D eigenvalue weighted by Crippen LogP contribution is 2.23. The molecular weight excluding hydrogens is 358 g/mol. The minimum Gasteiger partial charge on any atom is -0.497 e. The second-order valence-corrected chi connectivity index (χ2v) is 6.30. The summed E-state index contributed by atoms with van der Waals surface area (Å²) >= 11 is 0. The molecule has 0 saturated carbocycles. The predicted molar refractivity (Wildman–Crippen MR) is 108 cm³/mol. The molecule has 0 saturated heterocycles. The van der Waals surface area contributed by atoms with Crippen LogP contribution in [0.4, 0.5) is 5.69 Å². The van der Waals surface area contributed by atoms with Gasteiger partial charge in [0.1, 0.15) is 17.2 Å². The topological polar surface area (TPSA) is 81.6 Å². The largest absolute Gasteiger partial charge is 0.497 e. The number of benzene rings is 2. The second kappa shape index (κ2) is 8.47. The van der Waals surface area contributed by atoms with E-state index in [2.05, 4.69) is 10.6 Å². The van der Waals surface area contributed by atoms with Crippen molar-refractivity contribution < 1.29 is 19.1 Å². The summed E-state index contributed by atoms with van der Waals surface area (Å²) in [5.41, 5.74) is 2.11. The number of nitrogens with one attached hydrogen (secondary N) is 2. The van der Waals surface area contributed by atoms with Gasteiger partial charge < -0.3 is 24.7 Å². The smallest absolute Gasteiger partial charge is 0.267 e. The van der Waals surface area contributed by atoms with Gasteiger partial charge in [-0.3, -0.25) is 9.59 Å². The van der Waals surface area contributed by atoms with Gasteiger partial charge in [0.2, 0.25) is 5.91 Å². The fourth-order valence-corrected chi connectivity index (χ4v) is 2.98. The van der Waals surface area contributed by atoms with E-state index in [1.807, 2.05) is 35.9 Å². The van der Waals surface area contributed by atoms with Crippen molar-refractivity contribution in [1.82, 2.24) is 9.88 Å². The van der Waals surface area contributed by atoms with Gasteiger partial charge in [-0.2, -0.15) is 0 Å². The quantitative estimate of drug-likeness (QED) is 0.659. The number of nitrogens with zero attached hydrogens (tertiary/aromatic N) is 1. The van der Waals surface area contributed by atoms with E-state index in [4.69, 9.17) is 9.47 Å². The molecule has 146 valence electrons. The van der Waals surface area contributed by atoms with Crippen molar-refractivity contribution in [1.29, 1.82) is 0 Å². The monoisotopic (exact) mass is 381 g/mol. The first-order valence-corrected chi connectivity index (χ1v) is 8.87. The summed E-state index contributed by atoms with van der Waals surface area (Å²) in [5, 5.41) is 6.50. The van der Waals surface area contributed by atoms with Crippen LogP contribution in [0.25, 0.3) is 10.9 Å². The van der Waals surface area contributed by atoms with Crippen LogP contribution in [0, 0.1) is 0 Å². The SMILES string of the molecule is COc1cccc(NC(=O)CCNC(=O)c2cc3cc(OC)ccc3n2C)c1. The van der Waals surface area contributed by atoms with Crippen LogP contribution in [0.2, 0.25) is 0 Å². The van der Waals surface area contributed by atoms with Crippen LogP contribution in [0.1, 0.15) is 16.9 Å². The number of carbonyl (C=O) groups excluding carboxylic acids is 2. The lowest BCUT2D eigenvalue weighted by atomic mass is 10.2. The highest BCUT2D eigenvalue weighted by molar-refractivity contribution is 5.99. The molecule has 0 radical (unpaired) electrons. The minimum absolute atomic E-state index is 0.167. The van der Waals surface area contributed by atoms with Gasteiger partial charge in [-0.05, 0) is 36.4 Å². The Hall–Kier alpha value is -3.48. The highest BCUT2D eigenvalue weighted by Gasteiger charge is 2.14. The van der Waals surface area contributed by atoms with E-state index in [9.17, 15) is 9.59 Å². The summed E-state index contributed by atoms with van der Waals surface area (Å²) in [5.74, 6) is 0.986. The molecule has 0 unspecified atom stereocenters. The van der Waals surface area contributed by atoms with Crippen molar-refractivity contribution >= 4 is 28.4 Å². The molecule has 0 fully saturated rings. The van der Waals surface area contributed by atoms with Gasteiger partial charge in [0.05, 0.1) is 14.2 Å². The third-order valence-corrected chi connectivity index (χ3v) is 4.47. The molecule has 7 nitrogen and oxygen atoms in total. The van der Waals surface area contributed by atoms with Crippen molar-refractivity contribution in [2.24, 2.45) is 7.05 Å². The maximum absolute atomic E-state index is 12.5. The Labute approximate surface area is 163 Å². The molecule has 0 atom stereocenters. The molecule has 1 heterocycles. The van der Waals surface area contributed by atoms with Crippen molar-refractivity contribution in [3.05, 3.63) is 54.2 Å². The normalized spacial score (nSPS) is 10.5. The number of rotatable bonds is 7. The number of carbonyl (C=O) groups is 2. The van der Waals surface area contributed by atoms with Crippen molar-refractivity contribution in [3.63, 3.8) is 0 Å². The number of hydrogen-bond acceptors (Lipinski definition) is 4. The maximum atomic E-state index is 12.5. The summed E-state index contributed by atoms with van der Waals surface area (Å²) in [6, 6.07) is 14.6. The van der Waals surface area contributed by atoms with Gasteiger partial charge in [0.15, 0.2) is 0 Å². The molecule has 3 rings (SSSR count). The molecule has 0 aliphatic carbocycles. The van der Waals surface area contributed by atoms with E-state index in [0.717, 1.165) is 16.7 Å². The van der Waals surface area contributed by atoms with Crippen LogP contribution in [0.5, 0.6) is 11.5 Å². The van der Waals surface area contributed by atoms with Crippen molar-refractivity contribution in [3.8, 4) is 11.5 Å². The van der Waals surface area contributed by atoms with Gasteiger partial charge >= 0.3 is 0 Å². The molecule has 7 heteroatoms. The van der Waals surface area contributed by atoms with Crippen molar-refractivity contribution in [2.45, 2.75) is 6.42 Å². The van der Waals surface area contributed by atoms with Crippen LogP contribution >= 0.6 is 0 Å². The second-order valence-electron chi connectivity index (χ2n) is 6.30. The van der Waals surface area contributed by atoms with Crippen molar-refractivity contribution in [2.75, 3.05) is 26.1 Å². The Kier molecular flexibility index (Phi) is 5.84. The van der Waals surface area contributed by atoms with E-state index in [-0.39, 0.29) is 24.8 Å². The Morgan fingerprint density at radius 2 is 1.75 bits per heavy atom. The number of ether oxygens (including phenoxy) is 2. The van der Waals surface area contributed by atoms with Gasteiger partial charge in [0, 0.05) is 42.7 Å². The Morgan fingerprint density at radius 1 is 1.00 bits per heavy atom. The van der Waals surface area contributed by atoms with E-state index in [0.29, 0.717) is 17.1 Å². The number of amides is 2. The fraction of sp³-hybridized carbons (Fsp3) is 0.238. The first-order valence-electron chi connectivity index (χ1n) is 8.87. The highest BCUT2D eigenvalue weighted by atomic mass is 16.5. The summed E-state index contributed by atoms with van der Waals surface area (Å²) in [6.07, 6.45) is 0.167.